The second-order valence-electron chi connectivity index (χ2n) is 6.45. The number of carbonyl (C=O) groups is 3. The summed E-state index contributed by atoms with van der Waals surface area (Å²) in [5.74, 6) is -1.25. The van der Waals surface area contributed by atoms with E-state index >= 15 is 0 Å². The molecule has 0 bridgehead atoms. The Balaban J connectivity index is 1.54. The third-order valence-electron chi connectivity index (χ3n) is 4.38. The molecule has 1 N–H and O–H groups in total. The maximum atomic E-state index is 12.3. The van der Waals surface area contributed by atoms with Gasteiger partial charge in [0, 0.05) is 25.2 Å². The molecule has 2 heterocycles. The third-order valence-corrected chi connectivity index (χ3v) is 5.59. The van der Waals surface area contributed by atoms with Gasteiger partial charge in [-0.3, -0.25) is 9.59 Å². The molecule has 9 heteroatoms. The van der Waals surface area contributed by atoms with Gasteiger partial charge in [0.25, 0.3) is 5.91 Å². The van der Waals surface area contributed by atoms with E-state index < -0.39 is 11.2 Å². The molecule has 3 rings (SSSR count). The van der Waals surface area contributed by atoms with Crippen molar-refractivity contribution >= 4 is 40.4 Å². The smallest absolute Gasteiger partial charge is 0.339 e. The van der Waals surface area contributed by atoms with Crippen LogP contribution in [0.15, 0.2) is 29.3 Å². The molecule has 0 saturated carbocycles. The SMILES string of the molecule is N#CCOC(=O)c1cccc(NC(=O)C[C@H]2SC(N3CCCCC3)=NC2=O)c1. The van der Waals surface area contributed by atoms with Crippen LogP contribution in [0.1, 0.15) is 36.0 Å². The van der Waals surface area contributed by atoms with Crippen molar-refractivity contribution in [3.63, 3.8) is 0 Å². The van der Waals surface area contributed by atoms with Gasteiger partial charge < -0.3 is 15.0 Å². The minimum absolute atomic E-state index is 0.00739. The van der Waals surface area contributed by atoms with Gasteiger partial charge in [0.05, 0.1) is 5.56 Å². The first-order chi connectivity index (χ1) is 13.6. The van der Waals surface area contributed by atoms with Gasteiger partial charge in [-0.1, -0.05) is 17.8 Å². The number of carbonyl (C=O) groups excluding carboxylic acids is 3. The average molecular weight is 400 g/mol. The molecule has 2 aliphatic rings. The van der Waals surface area contributed by atoms with Crippen molar-refractivity contribution < 1.29 is 19.1 Å². The molecule has 0 spiro atoms. The van der Waals surface area contributed by atoms with Crippen LogP contribution in [0, 0.1) is 11.3 Å². The van der Waals surface area contributed by atoms with Crippen LogP contribution in [0.25, 0.3) is 0 Å². The molecule has 1 saturated heterocycles. The fourth-order valence-corrected chi connectivity index (χ4v) is 4.13. The molecule has 0 aliphatic carbocycles. The van der Waals surface area contributed by atoms with Crippen LogP contribution in [-0.4, -0.2) is 52.8 Å². The lowest BCUT2D eigenvalue weighted by atomic mass is 10.1. The first-order valence-electron chi connectivity index (χ1n) is 9.05. The fraction of sp³-hybridized carbons (Fsp3) is 0.421. The number of nitrogens with zero attached hydrogens (tertiary/aromatic N) is 3. The maximum absolute atomic E-state index is 12.3. The van der Waals surface area contributed by atoms with Crippen LogP contribution in [0.3, 0.4) is 0 Å². The molecule has 146 valence electrons. The average Bonchev–Trinajstić information content (AvgIpc) is 3.07. The van der Waals surface area contributed by atoms with Gasteiger partial charge in [-0.05, 0) is 37.5 Å². The molecular weight excluding hydrogens is 380 g/mol. The summed E-state index contributed by atoms with van der Waals surface area (Å²) in [5, 5.41) is 11.3. The molecule has 0 aromatic heterocycles. The number of esters is 1. The quantitative estimate of drug-likeness (QED) is 0.754. The highest BCUT2D eigenvalue weighted by molar-refractivity contribution is 8.15. The fourth-order valence-electron chi connectivity index (χ4n) is 3.02. The summed E-state index contributed by atoms with van der Waals surface area (Å²) in [6.45, 7) is 1.45. The van der Waals surface area contributed by atoms with E-state index in [9.17, 15) is 14.4 Å². The number of amidine groups is 1. The Morgan fingerprint density at radius 3 is 2.86 bits per heavy atom. The lowest BCUT2D eigenvalue weighted by Gasteiger charge is -2.27. The van der Waals surface area contributed by atoms with E-state index in [1.165, 1.54) is 30.3 Å². The van der Waals surface area contributed by atoms with Crippen LogP contribution < -0.4 is 5.32 Å². The zero-order valence-corrected chi connectivity index (χ0v) is 16.0. The van der Waals surface area contributed by atoms with Crippen molar-refractivity contribution in [2.24, 2.45) is 4.99 Å². The van der Waals surface area contributed by atoms with Gasteiger partial charge in [0.15, 0.2) is 11.8 Å². The summed E-state index contributed by atoms with van der Waals surface area (Å²) in [6.07, 6.45) is 3.38. The molecular formula is C19H20N4O4S. The van der Waals surface area contributed by atoms with E-state index in [0.717, 1.165) is 25.9 Å². The van der Waals surface area contributed by atoms with Gasteiger partial charge in [-0.15, -0.1) is 0 Å². The molecule has 1 atom stereocenters. The van der Waals surface area contributed by atoms with Gasteiger partial charge in [-0.25, -0.2) is 4.79 Å². The highest BCUT2D eigenvalue weighted by atomic mass is 32.2. The van der Waals surface area contributed by atoms with Crippen LogP contribution in [-0.2, 0) is 14.3 Å². The summed E-state index contributed by atoms with van der Waals surface area (Å²) < 4.78 is 4.75. The molecule has 0 radical (unpaired) electrons. The number of hydrogen-bond donors (Lipinski definition) is 1. The second-order valence-corrected chi connectivity index (χ2v) is 7.62. The first kappa shape index (κ1) is 19.9. The van der Waals surface area contributed by atoms with E-state index in [2.05, 4.69) is 15.2 Å². The predicted molar refractivity (Wildman–Crippen MR) is 105 cm³/mol. The number of aliphatic imine (C=N–C) groups is 1. The van der Waals surface area contributed by atoms with Crippen LogP contribution >= 0.6 is 11.8 Å². The van der Waals surface area contributed by atoms with E-state index in [0.29, 0.717) is 10.9 Å². The van der Waals surface area contributed by atoms with Crippen molar-refractivity contribution in [1.29, 1.82) is 5.26 Å². The first-order valence-corrected chi connectivity index (χ1v) is 9.93. The molecule has 2 amide bonds. The van der Waals surface area contributed by atoms with E-state index in [4.69, 9.17) is 10.00 Å². The summed E-state index contributed by atoms with van der Waals surface area (Å²) in [4.78, 5) is 42.5. The Morgan fingerprint density at radius 2 is 2.11 bits per heavy atom. The van der Waals surface area contributed by atoms with Crippen molar-refractivity contribution in [2.75, 3.05) is 25.0 Å². The minimum atomic E-state index is -0.640. The standard InChI is InChI=1S/C19H20N4O4S/c20-7-10-27-18(26)13-5-4-6-14(11-13)21-16(24)12-15-17(25)22-19(28-15)23-8-2-1-3-9-23/h4-6,11,15H,1-3,8-10,12H2,(H,21,24)/t15-/m1/s1. The van der Waals surface area contributed by atoms with Crippen LogP contribution in [0.2, 0.25) is 0 Å². The van der Waals surface area contributed by atoms with Crippen molar-refractivity contribution in [3.8, 4) is 6.07 Å². The van der Waals surface area contributed by atoms with Crippen LogP contribution in [0.4, 0.5) is 5.69 Å². The number of anilines is 1. The van der Waals surface area contributed by atoms with E-state index in [1.807, 2.05) is 0 Å². The maximum Gasteiger partial charge on any atom is 0.339 e. The molecule has 0 unspecified atom stereocenters. The number of likely N-dealkylation sites (tertiary alicyclic amines) is 1. The lowest BCUT2D eigenvalue weighted by Crippen LogP contribution is -2.33. The zero-order valence-electron chi connectivity index (χ0n) is 15.2. The molecule has 2 aliphatic heterocycles. The second kappa shape index (κ2) is 9.37. The van der Waals surface area contributed by atoms with Crippen LogP contribution in [0.5, 0.6) is 0 Å². The Hall–Kier alpha value is -2.86. The van der Waals surface area contributed by atoms with Gasteiger partial charge in [-0.2, -0.15) is 10.3 Å². The topological polar surface area (TPSA) is 112 Å². The van der Waals surface area contributed by atoms with E-state index in [1.54, 1.807) is 18.2 Å². The molecule has 8 nitrogen and oxygen atoms in total. The zero-order chi connectivity index (χ0) is 19.9. The Labute approximate surface area is 166 Å². The predicted octanol–water partition coefficient (Wildman–Crippen LogP) is 2.18. The molecule has 28 heavy (non-hydrogen) atoms. The number of amides is 2. The van der Waals surface area contributed by atoms with Crippen molar-refractivity contribution in [3.05, 3.63) is 29.8 Å². The summed E-state index contributed by atoms with van der Waals surface area (Å²) in [7, 11) is 0. The number of rotatable bonds is 5. The summed E-state index contributed by atoms with van der Waals surface area (Å²) in [5.41, 5.74) is 0.652. The number of nitriles is 1. The Kier molecular flexibility index (Phi) is 6.66. The number of ether oxygens (including phenoxy) is 1. The van der Waals surface area contributed by atoms with E-state index in [-0.39, 0.29) is 30.4 Å². The van der Waals surface area contributed by atoms with Gasteiger partial charge in [0.2, 0.25) is 5.91 Å². The van der Waals surface area contributed by atoms with Gasteiger partial charge >= 0.3 is 5.97 Å². The van der Waals surface area contributed by atoms with Crippen molar-refractivity contribution in [2.45, 2.75) is 30.9 Å². The highest BCUT2D eigenvalue weighted by Gasteiger charge is 2.33. The summed E-state index contributed by atoms with van der Waals surface area (Å²) in [6, 6.07) is 7.97. The lowest BCUT2D eigenvalue weighted by molar-refractivity contribution is -0.121. The Bertz CT molecular complexity index is 843. The number of piperidine rings is 1. The number of hydrogen-bond acceptors (Lipinski definition) is 7. The monoisotopic (exact) mass is 400 g/mol. The molecule has 1 aromatic carbocycles. The summed E-state index contributed by atoms with van der Waals surface area (Å²) >= 11 is 1.34. The minimum Gasteiger partial charge on any atom is -0.447 e. The molecule has 1 fully saturated rings. The number of benzene rings is 1. The highest BCUT2D eigenvalue weighted by Crippen LogP contribution is 2.29. The normalized spacial score (nSPS) is 19.0. The molecule has 1 aromatic rings. The van der Waals surface area contributed by atoms with Crippen molar-refractivity contribution in [1.82, 2.24) is 4.90 Å². The number of nitrogens with one attached hydrogen (secondary N) is 1. The van der Waals surface area contributed by atoms with Gasteiger partial charge in [0.1, 0.15) is 11.3 Å². The Morgan fingerprint density at radius 1 is 1.32 bits per heavy atom. The third kappa shape index (κ3) is 5.10. The number of thioether (sulfide) groups is 1. The largest absolute Gasteiger partial charge is 0.447 e.